The Labute approximate surface area is 110 Å². The Morgan fingerprint density at radius 3 is 2.71 bits per heavy atom. The second-order valence-electron chi connectivity index (χ2n) is 4.23. The van der Waals surface area contributed by atoms with Crippen LogP contribution < -0.4 is 10.1 Å². The van der Waals surface area contributed by atoms with Gasteiger partial charge < -0.3 is 10.1 Å². The van der Waals surface area contributed by atoms with Crippen LogP contribution in [-0.2, 0) is 0 Å². The molecule has 0 radical (unpaired) electrons. The van der Waals surface area contributed by atoms with E-state index in [2.05, 4.69) is 21.2 Å². The van der Waals surface area contributed by atoms with E-state index in [1.165, 1.54) is 0 Å². The molecule has 0 amide bonds. The molecule has 17 heavy (non-hydrogen) atoms. The van der Waals surface area contributed by atoms with E-state index in [0.29, 0.717) is 0 Å². The molecule has 92 valence electrons. The molecule has 0 bridgehead atoms. The zero-order valence-electron chi connectivity index (χ0n) is 9.83. The summed E-state index contributed by atoms with van der Waals surface area (Å²) in [5, 5.41) is 3.27. The van der Waals surface area contributed by atoms with Crippen LogP contribution >= 0.6 is 15.9 Å². The standard InChI is InChI=1S/C13H16BrNO2/c1-17-10-2-3-11(12(14)8-10)13(16)9-4-6-15-7-5-9/h2-3,8-9,15H,4-7H2,1H3. The van der Waals surface area contributed by atoms with Gasteiger partial charge in [0.25, 0.3) is 0 Å². The van der Waals surface area contributed by atoms with E-state index in [-0.39, 0.29) is 11.7 Å². The molecule has 1 aliphatic rings. The SMILES string of the molecule is COc1ccc(C(=O)C2CCNCC2)c(Br)c1. The minimum Gasteiger partial charge on any atom is -0.497 e. The Kier molecular flexibility index (Phi) is 4.18. The van der Waals surface area contributed by atoms with Crippen molar-refractivity contribution in [1.82, 2.24) is 5.32 Å². The summed E-state index contributed by atoms with van der Waals surface area (Å²) >= 11 is 3.44. The number of halogens is 1. The van der Waals surface area contributed by atoms with E-state index in [9.17, 15) is 4.79 Å². The number of nitrogens with one attached hydrogen (secondary N) is 1. The van der Waals surface area contributed by atoms with E-state index >= 15 is 0 Å². The molecule has 4 heteroatoms. The van der Waals surface area contributed by atoms with Crippen molar-refractivity contribution < 1.29 is 9.53 Å². The van der Waals surface area contributed by atoms with Gasteiger partial charge in [0.2, 0.25) is 0 Å². The third-order valence-electron chi connectivity index (χ3n) is 3.15. The normalized spacial score (nSPS) is 16.8. The lowest BCUT2D eigenvalue weighted by Crippen LogP contribution is -2.32. The summed E-state index contributed by atoms with van der Waals surface area (Å²) in [6, 6.07) is 5.51. The van der Waals surface area contributed by atoms with Crippen molar-refractivity contribution in [3.8, 4) is 5.75 Å². The predicted octanol–water partition coefficient (Wildman–Crippen LogP) is 2.64. The van der Waals surface area contributed by atoms with Gasteiger partial charge in [0.05, 0.1) is 7.11 Å². The summed E-state index contributed by atoms with van der Waals surface area (Å²) in [7, 11) is 1.62. The number of carbonyl (C=O) groups excluding carboxylic acids is 1. The van der Waals surface area contributed by atoms with Crippen molar-refractivity contribution in [3.63, 3.8) is 0 Å². The number of Topliss-reactive ketones (excluding diaryl/α,β-unsaturated/α-hetero) is 1. The Morgan fingerprint density at radius 1 is 1.41 bits per heavy atom. The van der Waals surface area contributed by atoms with E-state index in [1.807, 2.05) is 18.2 Å². The smallest absolute Gasteiger partial charge is 0.167 e. The van der Waals surface area contributed by atoms with Gasteiger partial charge in [-0.15, -0.1) is 0 Å². The Bertz CT molecular complexity index is 414. The molecule has 0 unspecified atom stereocenters. The monoisotopic (exact) mass is 297 g/mol. The maximum atomic E-state index is 12.3. The molecular formula is C13H16BrNO2. The highest BCUT2D eigenvalue weighted by Crippen LogP contribution is 2.27. The lowest BCUT2D eigenvalue weighted by molar-refractivity contribution is 0.0894. The Hall–Kier alpha value is -0.870. The molecule has 3 nitrogen and oxygen atoms in total. The lowest BCUT2D eigenvalue weighted by atomic mass is 9.89. The van der Waals surface area contributed by atoms with Crippen LogP contribution in [0.25, 0.3) is 0 Å². The van der Waals surface area contributed by atoms with Gasteiger partial charge in [0, 0.05) is 16.0 Å². The van der Waals surface area contributed by atoms with Crippen LogP contribution in [0.4, 0.5) is 0 Å². The Balaban J connectivity index is 2.18. The van der Waals surface area contributed by atoms with Crippen molar-refractivity contribution in [2.24, 2.45) is 5.92 Å². The van der Waals surface area contributed by atoms with Crippen LogP contribution in [0.5, 0.6) is 5.75 Å². The lowest BCUT2D eigenvalue weighted by Gasteiger charge is -2.21. The molecule has 1 heterocycles. The highest BCUT2D eigenvalue weighted by molar-refractivity contribution is 9.10. The first-order valence-electron chi connectivity index (χ1n) is 5.81. The zero-order valence-corrected chi connectivity index (χ0v) is 11.4. The molecule has 0 aromatic heterocycles. The largest absolute Gasteiger partial charge is 0.497 e. The predicted molar refractivity (Wildman–Crippen MR) is 70.6 cm³/mol. The van der Waals surface area contributed by atoms with Crippen molar-refractivity contribution >= 4 is 21.7 Å². The number of hydrogen-bond donors (Lipinski definition) is 1. The van der Waals surface area contributed by atoms with Crippen LogP contribution in [-0.4, -0.2) is 26.0 Å². The second kappa shape index (κ2) is 5.65. The Morgan fingerprint density at radius 2 is 2.12 bits per heavy atom. The van der Waals surface area contributed by atoms with Crippen LogP contribution in [0.1, 0.15) is 23.2 Å². The van der Waals surface area contributed by atoms with Gasteiger partial charge in [-0.2, -0.15) is 0 Å². The summed E-state index contributed by atoms with van der Waals surface area (Å²) in [6.07, 6.45) is 1.86. The highest BCUT2D eigenvalue weighted by Gasteiger charge is 2.23. The van der Waals surface area contributed by atoms with Crippen molar-refractivity contribution in [3.05, 3.63) is 28.2 Å². The van der Waals surface area contributed by atoms with Gasteiger partial charge in [-0.25, -0.2) is 0 Å². The van der Waals surface area contributed by atoms with Crippen molar-refractivity contribution in [2.45, 2.75) is 12.8 Å². The minimum absolute atomic E-state index is 0.154. The molecule has 0 spiro atoms. The van der Waals surface area contributed by atoms with Crippen molar-refractivity contribution in [2.75, 3.05) is 20.2 Å². The first-order chi connectivity index (χ1) is 8.22. The fourth-order valence-corrected chi connectivity index (χ4v) is 2.68. The minimum atomic E-state index is 0.154. The van der Waals surface area contributed by atoms with Crippen LogP contribution in [0.15, 0.2) is 22.7 Å². The number of hydrogen-bond acceptors (Lipinski definition) is 3. The molecule has 1 aromatic rings. The van der Waals surface area contributed by atoms with E-state index in [0.717, 1.165) is 41.7 Å². The van der Waals surface area contributed by atoms with E-state index in [1.54, 1.807) is 7.11 Å². The first kappa shape index (κ1) is 12.6. The number of methoxy groups -OCH3 is 1. The summed E-state index contributed by atoms with van der Waals surface area (Å²) < 4.78 is 5.94. The first-order valence-corrected chi connectivity index (χ1v) is 6.60. The van der Waals surface area contributed by atoms with E-state index in [4.69, 9.17) is 4.74 Å². The highest BCUT2D eigenvalue weighted by atomic mass is 79.9. The van der Waals surface area contributed by atoms with Gasteiger partial charge >= 0.3 is 0 Å². The number of piperidine rings is 1. The molecule has 1 N–H and O–H groups in total. The van der Waals surface area contributed by atoms with Crippen LogP contribution in [0.2, 0.25) is 0 Å². The van der Waals surface area contributed by atoms with Gasteiger partial charge in [0.1, 0.15) is 5.75 Å². The molecule has 1 fully saturated rings. The van der Waals surface area contributed by atoms with Gasteiger partial charge in [-0.1, -0.05) is 0 Å². The van der Waals surface area contributed by atoms with Crippen molar-refractivity contribution in [1.29, 1.82) is 0 Å². The zero-order chi connectivity index (χ0) is 12.3. The number of ether oxygens (including phenoxy) is 1. The topological polar surface area (TPSA) is 38.3 Å². The number of carbonyl (C=O) groups is 1. The molecule has 1 aromatic carbocycles. The fraction of sp³-hybridized carbons (Fsp3) is 0.462. The molecule has 1 saturated heterocycles. The molecule has 0 aliphatic carbocycles. The van der Waals surface area contributed by atoms with Gasteiger partial charge in [0.15, 0.2) is 5.78 Å². The van der Waals surface area contributed by atoms with Crippen LogP contribution in [0.3, 0.4) is 0 Å². The number of rotatable bonds is 3. The summed E-state index contributed by atoms with van der Waals surface area (Å²) in [5.41, 5.74) is 0.762. The maximum absolute atomic E-state index is 12.3. The second-order valence-corrected chi connectivity index (χ2v) is 5.09. The molecule has 2 rings (SSSR count). The number of benzene rings is 1. The van der Waals surface area contributed by atoms with Crippen LogP contribution in [0, 0.1) is 5.92 Å². The number of ketones is 1. The third kappa shape index (κ3) is 2.87. The van der Waals surface area contributed by atoms with E-state index < -0.39 is 0 Å². The summed E-state index contributed by atoms with van der Waals surface area (Å²) in [6.45, 7) is 1.87. The molecule has 0 saturated carbocycles. The maximum Gasteiger partial charge on any atom is 0.167 e. The fourth-order valence-electron chi connectivity index (χ4n) is 2.13. The summed E-state index contributed by atoms with van der Waals surface area (Å²) in [5.74, 6) is 1.15. The average Bonchev–Trinajstić information content (AvgIpc) is 2.39. The third-order valence-corrected chi connectivity index (χ3v) is 3.81. The molecule has 1 aliphatic heterocycles. The molecule has 0 atom stereocenters. The average molecular weight is 298 g/mol. The molecular weight excluding hydrogens is 282 g/mol. The summed E-state index contributed by atoms with van der Waals surface area (Å²) in [4.78, 5) is 12.3. The van der Waals surface area contributed by atoms with Gasteiger partial charge in [-0.3, -0.25) is 4.79 Å². The quantitative estimate of drug-likeness (QED) is 0.872. The van der Waals surface area contributed by atoms with Gasteiger partial charge in [-0.05, 0) is 60.1 Å².